The number of carbonyl (C=O) groups excluding carboxylic acids is 1. The Morgan fingerprint density at radius 2 is 1.83 bits per heavy atom. The number of benzene rings is 1. The van der Waals surface area contributed by atoms with Gasteiger partial charge in [-0.2, -0.15) is 0 Å². The summed E-state index contributed by atoms with van der Waals surface area (Å²) in [7, 11) is 0. The summed E-state index contributed by atoms with van der Waals surface area (Å²) in [6.45, 7) is 13.8. The SMILES string of the molecule is Cc1cccc(C)c1CN1CCC[C@@]2(CCN(C(=O)C(C)C)C2)C1. The monoisotopic (exact) mass is 328 g/mol. The topological polar surface area (TPSA) is 23.6 Å². The molecule has 3 rings (SSSR count). The maximum Gasteiger partial charge on any atom is 0.225 e. The van der Waals surface area contributed by atoms with E-state index in [1.54, 1.807) is 0 Å². The molecule has 0 N–H and O–H groups in total. The highest BCUT2D eigenvalue weighted by atomic mass is 16.2. The maximum absolute atomic E-state index is 12.3. The third-order valence-electron chi connectivity index (χ3n) is 6.01. The Balaban J connectivity index is 1.68. The fourth-order valence-corrected chi connectivity index (χ4v) is 4.59. The molecule has 0 unspecified atom stereocenters. The minimum absolute atomic E-state index is 0.120. The van der Waals surface area contributed by atoms with E-state index in [-0.39, 0.29) is 5.92 Å². The van der Waals surface area contributed by atoms with Gasteiger partial charge in [0, 0.05) is 37.5 Å². The van der Waals surface area contributed by atoms with Crippen molar-refractivity contribution >= 4 is 5.91 Å². The Morgan fingerprint density at radius 3 is 2.50 bits per heavy atom. The van der Waals surface area contributed by atoms with E-state index >= 15 is 0 Å². The van der Waals surface area contributed by atoms with E-state index in [2.05, 4.69) is 41.8 Å². The zero-order valence-electron chi connectivity index (χ0n) is 15.8. The number of hydrogen-bond donors (Lipinski definition) is 0. The molecule has 3 heteroatoms. The first-order chi connectivity index (χ1) is 11.4. The minimum Gasteiger partial charge on any atom is -0.342 e. The lowest BCUT2D eigenvalue weighted by Gasteiger charge is -2.41. The van der Waals surface area contributed by atoms with Crippen LogP contribution < -0.4 is 0 Å². The molecule has 2 aliphatic rings. The smallest absolute Gasteiger partial charge is 0.225 e. The molecule has 1 aromatic carbocycles. The molecule has 0 bridgehead atoms. The van der Waals surface area contributed by atoms with Crippen LogP contribution in [0.15, 0.2) is 18.2 Å². The largest absolute Gasteiger partial charge is 0.342 e. The quantitative estimate of drug-likeness (QED) is 0.843. The van der Waals surface area contributed by atoms with Crippen LogP contribution in [-0.2, 0) is 11.3 Å². The number of piperidine rings is 1. The Labute approximate surface area is 147 Å². The van der Waals surface area contributed by atoms with Crippen molar-refractivity contribution in [2.75, 3.05) is 26.2 Å². The highest BCUT2D eigenvalue weighted by molar-refractivity contribution is 5.78. The first kappa shape index (κ1) is 17.5. The second-order valence-electron chi connectivity index (χ2n) is 8.35. The predicted molar refractivity (Wildman–Crippen MR) is 98.9 cm³/mol. The van der Waals surface area contributed by atoms with Gasteiger partial charge in [-0.3, -0.25) is 9.69 Å². The van der Waals surface area contributed by atoms with Crippen molar-refractivity contribution in [2.45, 2.75) is 53.5 Å². The van der Waals surface area contributed by atoms with Crippen LogP contribution in [0.5, 0.6) is 0 Å². The Morgan fingerprint density at radius 1 is 1.12 bits per heavy atom. The van der Waals surface area contributed by atoms with Crippen LogP contribution in [-0.4, -0.2) is 41.9 Å². The van der Waals surface area contributed by atoms with Gasteiger partial charge in [0.1, 0.15) is 0 Å². The van der Waals surface area contributed by atoms with Gasteiger partial charge in [0.05, 0.1) is 0 Å². The summed E-state index contributed by atoms with van der Waals surface area (Å²) in [5.41, 5.74) is 4.62. The van der Waals surface area contributed by atoms with Crippen molar-refractivity contribution in [1.29, 1.82) is 0 Å². The van der Waals surface area contributed by atoms with Crippen LogP contribution in [0.2, 0.25) is 0 Å². The summed E-state index contributed by atoms with van der Waals surface area (Å²) in [6, 6.07) is 6.60. The molecule has 2 aliphatic heterocycles. The molecule has 0 radical (unpaired) electrons. The summed E-state index contributed by atoms with van der Waals surface area (Å²) in [4.78, 5) is 17.1. The molecular formula is C21H32N2O. The van der Waals surface area contributed by atoms with Gasteiger partial charge in [-0.05, 0) is 56.3 Å². The second-order valence-corrected chi connectivity index (χ2v) is 8.35. The number of amides is 1. The van der Waals surface area contributed by atoms with E-state index in [4.69, 9.17) is 0 Å². The molecule has 2 fully saturated rings. The highest BCUT2D eigenvalue weighted by Crippen LogP contribution is 2.40. The molecule has 1 aromatic rings. The van der Waals surface area contributed by atoms with Crippen LogP contribution in [0.4, 0.5) is 0 Å². The first-order valence-electron chi connectivity index (χ1n) is 9.46. The zero-order chi connectivity index (χ0) is 17.3. The summed E-state index contributed by atoms with van der Waals surface area (Å²) in [6.07, 6.45) is 3.71. The number of aryl methyl sites for hydroxylation is 2. The van der Waals surface area contributed by atoms with Crippen LogP contribution in [0.3, 0.4) is 0 Å². The number of nitrogens with zero attached hydrogens (tertiary/aromatic N) is 2. The van der Waals surface area contributed by atoms with E-state index in [9.17, 15) is 4.79 Å². The van der Waals surface area contributed by atoms with Gasteiger partial charge in [0.25, 0.3) is 0 Å². The molecule has 0 aliphatic carbocycles. The second kappa shape index (κ2) is 6.87. The average molecular weight is 329 g/mol. The molecule has 24 heavy (non-hydrogen) atoms. The molecule has 0 saturated carbocycles. The average Bonchev–Trinajstić information content (AvgIpc) is 2.93. The lowest BCUT2D eigenvalue weighted by atomic mass is 9.79. The number of hydrogen-bond acceptors (Lipinski definition) is 2. The lowest BCUT2D eigenvalue weighted by Crippen LogP contribution is -2.45. The Kier molecular flexibility index (Phi) is 5.00. The van der Waals surface area contributed by atoms with Crippen molar-refractivity contribution in [2.24, 2.45) is 11.3 Å². The van der Waals surface area contributed by atoms with Gasteiger partial charge in [0.15, 0.2) is 0 Å². The van der Waals surface area contributed by atoms with Crippen LogP contribution in [0.25, 0.3) is 0 Å². The fourth-order valence-electron chi connectivity index (χ4n) is 4.59. The van der Waals surface area contributed by atoms with Crippen LogP contribution in [0.1, 0.15) is 49.8 Å². The summed E-state index contributed by atoms with van der Waals surface area (Å²) >= 11 is 0. The number of carbonyl (C=O) groups is 1. The zero-order valence-corrected chi connectivity index (χ0v) is 15.8. The Bertz CT molecular complexity index is 590. The normalized spacial score (nSPS) is 25.0. The number of rotatable bonds is 3. The molecule has 0 aromatic heterocycles. The van der Waals surface area contributed by atoms with Gasteiger partial charge in [0.2, 0.25) is 5.91 Å². The molecule has 3 nitrogen and oxygen atoms in total. The van der Waals surface area contributed by atoms with E-state index in [0.29, 0.717) is 11.3 Å². The molecular weight excluding hydrogens is 296 g/mol. The van der Waals surface area contributed by atoms with Gasteiger partial charge in [-0.1, -0.05) is 32.0 Å². The van der Waals surface area contributed by atoms with Gasteiger partial charge in [-0.15, -0.1) is 0 Å². The van der Waals surface area contributed by atoms with E-state index in [1.807, 2.05) is 13.8 Å². The standard InChI is InChI=1S/C21H32N2O/c1-16(2)20(24)23-12-10-21(15-23)9-6-11-22(14-21)13-19-17(3)7-5-8-18(19)4/h5,7-8,16H,6,9-15H2,1-4H3/t21-/m1/s1. The highest BCUT2D eigenvalue weighted by Gasteiger charge is 2.42. The summed E-state index contributed by atoms with van der Waals surface area (Å²) in [5, 5.41) is 0. The van der Waals surface area contributed by atoms with Crippen molar-refractivity contribution in [3.63, 3.8) is 0 Å². The van der Waals surface area contributed by atoms with Gasteiger partial charge < -0.3 is 4.90 Å². The van der Waals surface area contributed by atoms with E-state index < -0.39 is 0 Å². The first-order valence-corrected chi connectivity index (χ1v) is 9.46. The minimum atomic E-state index is 0.120. The molecule has 2 saturated heterocycles. The maximum atomic E-state index is 12.3. The number of likely N-dealkylation sites (tertiary alicyclic amines) is 2. The molecule has 1 amide bonds. The summed E-state index contributed by atoms with van der Waals surface area (Å²) in [5.74, 6) is 0.452. The van der Waals surface area contributed by atoms with Crippen LogP contribution in [0, 0.1) is 25.2 Å². The van der Waals surface area contributed by atoms with Crippen LogP contribution >= 0.6 is 0 Å². The Hall–Kier alpha value is -1.35. The van der Waals surface area contributed by atoms with E-state index in [0.717, 1.165) is 26.2 Å². The van der Waals surface area contributed by atoms with Gasteiger partial charge >= 0.3 is 0 Å². The fraction of sp³-hybridized carbons (Fsp3) is 0.667. The molecule has 1 atom stereocenters. The third kappa shape index (κ3) is 3.51. The van der Waals surface area contributed by atoms with E-state index in [1.165, 1.54) is 42.5 Å². The van der Waals surface area contributed by atoms with Crippen molar-refractivity contribution in [1.82, 2.24) is 9.80 Å². The molecule has 2 heterocycles. The third-order valence-corrected chi connectivity index (χ3v) is 6.01. The predicted octanol–water partition coefficient (Wildman–Crippen LogP) is 3.77. The van der Waals surface area contributed by atoms with Crippen molar-refractivity contribution in [3.8, 4) is 0 Å². The molecule has 132 valence electrons. The van der Waals surface area contributed by atoms with Crippen molar-refractivity contribution < 1.29 is 4.79 Å². The van der Waals surface area contributed by atoms with Gasteiger partial charge in [-0.25, -0.2) is 0 Å². The van der Waals surface area contributed by atoms with Crippen molar-refractivity contribution in [3.05, 3.63) is 34.9 Å². The summed E-state index contributed by atoms with van der Waals surface area (Å²) < 4.78 is 0. The lowest BCUT2D eigenvalue weighted by molar-refractivity contribution is -0.134. The molecule has 1 spiro atoms.